The Morgan fingerprint density at radius 3 is 2.31 bits per heavy atom. The number of carboxylic acid groups (broad SMARTS) is 1. The van der Waals surface area contributed by atoms with Crippen LogP contribution in [0.3, 0.4) is 0 Å². The van der Waals surface area contributed by atoms with Crippen molar-refractivity contribution in [2.45, 2.75) is 45.7 Å². The maximum atomic E-state index is 14.0. The van der Waals surface area contributed by atoms with Gasteiger partial charge in [-0.25, -0.2) is 9.78 Å². The number of benzene rings is 5. The number of carboxylic acids is 1. The Bertz CT molecular complexity index is 2200. The van der Waals surface area contributed by atoms with E-state index in [2.05, 4.69) is 12.2 Å². The Balaban J connectivity index is 1.33. The molecule has 0 spiro atoms. The molecule has 6 aromatic rings. The van der Waals surface area contributed by atoms with Gasteiger partial charge in [0.1, 0.15) is 5.82 Å². The van der Waals surface area contributed by atoms with Crippen molar-refractivity contribution in [2.24, 2.45) is 0 Å². The summed E-state index contributed by atoms with van der Waals surface area (Å²) in [5.74, 6) is -0.0733. The number of anilines is 1. The highest BCUT2D eigenvalue weighted by Gasteiger charge is 2.23. The SMILES string of the molecule is CCCc1nc2c(C)cc(C(=O)N[C@@H](CSC(=O)c3cccc(N)c3)Cc3ccccc3)cc2n1Cc1cccc(-c2ccccc2)c1C(=O)O. The molecule has 4 N–H and O–H groups in total. The summed E-state index contributed by atoms with van der Waals surface area (Å²) < 4.78 is 2.04. The second kappa shape index (κ2) is 15.9. The minimum Gasteiger partial charge on any atom is -0.478 e. The monoisotopic (exact) mass is 696 g/mol. The van der Waals surface area contributed by atoms with Crippen molar-refractivity contribution in [1.29, 1.82) is 0 Å². The molecular weight excluding hydrogens is 657 g/mol. The number of aromatic nitrogens is 2. The van der Waals surface area contributed by atoms with Crippen molar-refractivity contribution in [1.82, 2.24) is 14.9 Å². The largest absolute Gasteiger partial charge is 0.478 e. The van der Waals surface area contributed by atoms with Gasteiger partial charge in [-0.3, -0.25) is 9.59 Å². The van der Waals surface area contributed by atoms with Crippen LogP contribution in [0.4, 0.5) is 5.69 Å². The van der Waals surface area contributed by atoms with E-state index in [0.717, 1.165) is 51.7 Å². The fraction of sp³-hybridized carbons (Fsp3) is 0.190. The molecule has 1 heterocycles. The van der Waals surface area contributed by atoms with Crippen LogP contribution in [0, 0.1) is 6.92 Å². The number of nitrogen functional groups attached to an aromatic ring is 1. The minimum atomic E-state index is -1.00. The molecule has 51 heavy (non-hydrogen) atoms. The topological polar surface area (TPSA) is 127 Å². The highest BCUT2D eigenvalue weighted by Crippen LogP contribution is 2.30. The van der Waals surface area contributed by atoms with E-state index in [9.17, 15) is 19.5 Å². The van der Waals surface area contributed by atoms with E-state index in [1.54, 1.807) is 24.3 Å². The van der Waals surface area contributed by atoms with E-state index in [4.69, 9.17) is 10.7 Å². The number of aromatic carboxylic acids is 1. The number of carbonyl (C=O) groups excluding carboxylic acids is 2. The summed E-state index contributed by atoms with van der Waals surface area (Å²) in [6, 6.07) is 35.2. The minimum absolute atomic E-state index is 0.115. The van der Waals surface area contributed by atoms with Gasteiger partial charge >= 0.3 is 5.97 Å². The van der Waals surface area contributed by atoms with Gasteiger partial charge in [0.05, 0.1) is 23.1 Å². The summed E-state index contributed by atoms with van der Waals surface area (Å²) in [4.78, 5) is 44.8. The van der Waals surface area contributed by atoms with Crippen LogP contribution >= 0.6 is 11.8 Å². The smallest absolute Gasteiger partial charge is 0.336 e. The molecule has 1 aromatic heterocycles. The number of nitrogens with one attached hydrogen (secondary N) is 1. The maximum absolute atomic E-state index is 14.0. The number of carbonyl (C=O) groups is 3. The van der Waals surface area contributed by atoms with E-state index in [0.29, 0.717) is 46.5 Å². The van der Waals surface area contributed by atoms with Crippen LogP contribution in [0.15, 0.2) is 115 Å². The van der Waals surface area contributed by atoms with E-state index < -0.39 is 5.97 Å². The molecule has 5 aromatic carbocycles. The summed E-state index contributed by atoms with van der Waals surface area (Å²) in [6.07, 6.45) is 2.08. The lowest BCUT2D eigenvalue weighted by atomic mass is 9.95. The molecule has 1 atom stereocenters. The highest BCUT2D eigenvalue weighted by molar-refractivity contribution is 8.14. The first-order chi connectivity index (χ1) is 24.7. The summed E-state index contributed by atoms with van der Waals surface area (Å²) >= 11 is 1.15. The molecule has 8 nitrogen and oxygen atoms in total. The Kier molecular flexibility index (Phi) is 11.0. The summed E-state index contributed by atoms with van der Waals surface area (Å²) in [5, 5.41) is 13.5. The van der Waals surface area contributed by atoms with Crippen LogP contribution < -0.4 is 11.1 Å². The molecule has 1 amide bonds. The third kappa shape index (κ3) is 8.22. The predicted octanol–water partition coefficient (Wildman–Crippen LogP) is 8.21. The van der Waals surface area contributed by atoms with Gasteiger partial charge in [-0.2, -0.15) is 0 Å². The lowest BCUT2D eigenvalue weighted by Crippen LogP contribution is -2.38. The number of fused-ring (bicyclic) bond motifs is 1. The highest BCUT2D eigenvalue weighted by atomic mass is 32.2. The van der Waals surface area contributed by atoms with Crippen molar-refractivity contribution >= 4 is 45.5 Å². The van der Waals surface area contributed by atoms with Crippen molar-refractivity contribution in [2.75, 3.05) is 11.5 Å². The average Bonchev–Trinajstić information content (AvgIpc) is 3.48. The van der Waals surface area contributed by atoms with Crippen LogP contribution in [0.1, 0.15) is 66.9 Å². The van der Waals surface area contributed by atoms with Gasteiger partial charge in [-0.15, -0.1) is 0 Å². The number of rotatable bonds is 13. The van der Waals surface area contributed by atoms with Crippen LogP contribution in [0.5, 0.6) is 0 Å². The van der Waals surface area contributed by atoms with E-state index in [1.165, 1.54) is 0 Å². The van der Waals surface area contributed by atoms with Crippen molar-refractivity contribution in [3.8, 4) is 11.1 Å². The fourth-order valence-electron chi connectivity index (χ4n) is 6.42. The first kappa shape index (κ1) is 35.2. The molecule has 0 aliphatic carbocycles. The Hall–Kier alpha value is -5.67. The van der Waals surface area contributed by atoms with Crippen molar-refractivity contribution in [3.63, 3.8) is 0 Å². The number of nitrogens with zero attached hydrogens (tertiary/aromatic N) is 2. The average molecular weight is 697 g/mol. The molecule has 0 unspecified atom stereocenters. The van der Waals surface area contributed by atoms with E-state index in [-0.39, 0.29) is 29.2 Å². The maximum Gasteiger partial charge on any atom is 0.336 e. The van der Waals surface area contributed by atoms with Gasteiger partial charge in [-0.1, -0.05) is 110 Å². The second-order valence-corrected chi connectivity index (χ2v) is 13.6. The normalized spacial score (nSPS) is 11.7. The molecule has 0 saturated carbocycles. The van der Waals surface area contributed by atoms with Gasteiger partial charge in [0.25, 0.3) is 5.91 Å². The van der Waals surface area contributed by atoms with Crippen molar-refractivity contribution < 1.29 is 19.5 Å². The van der Waals surface area contributed by atoms with Gasteiger partial charge in [0, 0.05) is 35.0 Å². The molecular formula is C42H40N4O4S. The molecule has 0 radical (unpaired) electrons. The molecule has 0 aliphatic rings. The molecule has 0 saturated heterocycles. The van der Waals surface area contributed by atoms with Crippen molar-refractivity contribution in [3.05, 3.63) is 154 Å². The van der Waals surface area contributed by atoms with Crippen LogP contribution in [-0.4, -0.2) is 43.4 Å². The zero-order valence-electron chi connectivity index (χ0n) is 28.6. The number of nitrogens with two attached hydrogens (primary N) is 1. The molecule has 6 rings (SSSR count). The van der Waals surface area contributed by atoms with Crippen LogP contribution in [0.25, 0.3) is 22.2 Å². The third-order valence-corrected chi connectivity index (χ3v) is 9.90. The van der Waals surface area contributed by atoms with Crippen LogP contribution in [-0.2, 0) is 19.4 Å². The summed E-state index contributed by atoms with van der Waals surface area (Å²) in [6.45, 7) is 4.29. The Morgan fingerprint density at radius 2 is 1.61 bits per heavy atom. The molecule has 0 bridgehead atoms. The number of hydrogen-bond donors (Lipinski definition) is 3. The Labute approximate surface area is 301 Å². The van der Waals surface area contributed by atoms with E-state index in [1.807, 2.05) is 102 Å². The van der Waals surface area contributed by atoms with Gasteiger partial charge in [-0.05, 0) is 71.8 Å². The molecule has 0 fully saturated rings. The number of thioether (sulfide) groups is 1. The number of amides is 1. The van der Waals surface area contributed by atoms with Crippen LogP contribution in [0.2, 0.25) is 0 Å². The quantitative estimate of drug-likeness (QED) is 0.104. The zero-order chi connectivity index (χ0) is 35.9. The van der Waals surface area contributed by atoms with E-state index >= 15 is 0 Å². The molecule has 9 heteroatoms. The zero-order valence-corrected chi connectivity index (χ0v) is 29.5. The number of aryl methyl sites for hydroxylation is 2. The lowest BCUT2D eigenvalue weighted by molar-refractivity contribution is 0.0696. The van der Waals surface area contributed by atoms with Gasteiger partial charge in [0.2, 0.25) is 5.12 Å². The standard InChI is InChI=1S/C42H40N4O4S/c1-3-12-37-45-39-27(2)21-32(24-36(39)46(37)25-31-18-11-20-35(38(31)41(48)49)29-15-8-5-9-16-29)40(47)44-34(22-28-13-6-4-7-14-28)26-51-42(50)30-17-10-19-33(43)23-30/h4-11,13-21,23-24,34H,3,12,22,25-26,43H2,1-2H3,(H,44,47)(H,48,49)/t34-/m1/s1. The summed E-state index contributed by atoms with van der Waals surface area (Å²) in [7, 11) is 0. The van der Waals surface area contributed by atoms with Gasteiger partial charge in [0.15, 0.2) is 0 Å². The molecule has 258 valence electrons. The predicted molar refractivity (Wildman–Crippen MR) is 205 cm³/mol. The fourth-order valence-corrected chi connectivity index (χ4v) is 7.27. The summed E-state index contributed by atoms with van der Waals surface area (Å²) in [5.41, 5.74) is 13.2. The molecule has 0 aliphatic heterocycles. The third-order valence-electron chi connectivity index (χ3n) is 8.84. The Morgan fingerprint density at radius 1 is 0.882 bits per heavy atom. The first-order valence-corrected chi connectivity index (χ1v) is 18.0. The second-order valence-electron chi connectivity index (χ2n) is 12.6. The van der Waals surface area contributed by atoms with Gasteiger partial charge < -0.3 is 20.7 Å². The number of hydrogen-bond acceptors (Lipinski definition) is 6. The first-order valence-electron chi connectivity index (χ1n) is 17.0. The number of imidazole rings is 1. The lowest BCUT2D eigenvalue weighted by Gasteiger charge is -2.19.